The molecule has 0 aliphatic carbocycles. The first-order valence-corrected chi connectivity index (χ1v) is 7.60. The second kappa shape index (κ2) is 9.20. The summed E-state index contributed by atoms with van der Waals surface area (Å²) in [5.41, 5.74) is 1.99. The summed E-state index contributed by atoms with van der Waals surface area (Å²) in [6, 6.07) is 7.83. The maximum Gasteiger partial charge on any atom is 0.223 e. The number of ether oxygens (including phenoxy) is 1. The minimum atomic E-state index is -0.0784. The van der Waals surface area contributed by atoms with Crippen LogP contribution in [0.15, 0.2) is 24.3 Å². The average Bonchev–Trinajstić information content (AvgIpc) is 2.47. The van der Waals surface area contributed by atoms with Crippen molar-refractivity contribution in [2.24, 2.45) is 0 Å². The number of nitrogens with one attached hydrogen (secondary N) is 1. The van der Waals surface area contributed by atoms with Gasteiger partial charge in [0.1, 0.15) is 0 Å². The van der Waals surface area contributed by atoms with Crippen LogP contribution in [-0.4, -0.2) is 38.6 Å². The molecule has 1 aromatic carbocycles. The Morgan fingerprint density at radius 1 is 1.27 bits per heavy atom. The van der Waals surface area contributed by atoms with E-state index in [1.807, 2.05) is 24.3 Å². The summed E-state index contributed by atoms with van der Waals surface area (Å²) >= 11 is 0. The van der Waals surface area contributed by atoms with Gasteiger partial charge in [0.25, 0.3) is 0 Å². The van der Waals surface area contributed by atoms with Gasteiger partial charge in [0, 0.05) is 39.2 Å². The third kappa shape index (κ3) is 5.48. The van der Waals surface area contributed by atoms with Gasteiger partial charge in [0.2, 0.25) is 11.8 Å². The van der Waals surface area contributed by atoms with Gasteiger partial charge in [-0.2, -0.15) is 0 Å². The molecular weight excluding hydrogens is 280 g/mol. The van der Waals surface area contributed by atoms with Crippen molar-refractivity contribution in [3.63, 3.8) is 0 Å². The Morgan fingerprint density at radius 2 is 1.95 bits per heavy atom. The number of hydrogen-bond donors (Lipinski definition) is 1. The van der Waals surface area contributed by atoms with Crippen LogP contribution >= 0.6 is 0 Å². The van der Waals surface area contributed by atoms with Gasteiger partial charge in [-0.05, 0) is 17.5 Å². The normalized spacial score (nSPS) is 10.6. The van der Waals surface area contributed by atoms with E-state index in [9.17, 15) is 9.59 Å². The smallest absolute Gasteiger partial charge is 0.223 e. The standard InChI is InChI=1S/C17H26N2O3/c1-13(2)15-7-5-6-8-16(15)19(14(3)20)11-9-17(21)18-10-12-22-4/h5-8,13H,9-12H2,1-4H3,(H,18,21). The number of benzene rings is 1. The van der Waals surface area contributed by atoms with E-state index in [4.69, 9.17) is 4.74 Å². The molecule has 0 aliphatic heterocycles. The number of hydrogen-bond acceptors (Lipinski definition) is 3. The monoisotopic (exact) mass is 306 g/mol. The van der Waals surface area contributed by atoms with Crippen molar-refractivity contribution < 1.29 is 14.3 Å². The van der Waals surface area contributed by atoms with E-state index in [-0.39, 0.29) is 18.2 Å². The molecule has 0 fully saturated rings. The Balaban J connectivity index is 2.75. The molecular formula is C17H26N2O3. The zero-order valence-electron chi connectivity index (χ0n) is 13.9. The molecule has 5 heteroatoms. The first-order valence-electron chi connectivity index (χ1n) is 7.60. The Bertz CT molecular complexity index is 500. The average molecular weight is 306 g/mol. The van der Waals surface area contributed by atoms with Crippen LogP contribution in [-0.2, 0) is 14.3 Å². The molecule has 0 heterocycles. The number of nitrogens with zero attached hydrogens (tertiary/aromatic N) is 1. The second-order valence-corrected chi connectivity index (χ2v) is 5.48. The second-order valence-electron chi connectivity index (χ2n) is 5.48. The molecule has 1 aromatic rings. The number of anilines is 1. The number of methoxy groups -OCH3 is 1. The minimum Gasteiger partial charge on any atom is -0.383 e. The van der Waals surface area contributed by atoms with Gasteiger partial charge in [0.15, 0.2) is 0 Å². The van der Waals surface area contributed by atoms with Gasteiger partial charge < -0.3 is 15.0 Å². The largest absolute Gasteiger partial charge is 0.383 e. The lowest BCUT2D eigenvalue weighted by Gasteiger charge is -2.25. The van der Waals surface area contributed by atoms with Crippen LogP contribution in [0.2, 0.25) is 0 Å². The van der Waals surface area contributed by atoms with Crippen molar-refractivity contribution >= 4 is 17.5 Å². The molecule has 0 saturated carbocycles. The van der Waals surface area contributed by atoms with Crippen molar-refractivity contribution in [1.82, 2.24) is 5.32 Å². The van der Waals surface area contributed by atoms with Crippen LogP contribution in [0.4, 0.5) is 5.69 Å². The Labute approximate surface area is 132 Å². The summed E-state index contributed by atoms with van der Waals surface area (Å²) in [6.07, 6.45) is 0.274. The molecule has 0 aliphatic rings. The summed E-state index contributed by atoms with van der Waals surface area (Å²) in [5, 5.41) is 2.76. The van der Waals surface area contributed by atoms with Gasteiger partial charge in [-0.1, -0.05) is 32.0 Å². The van der Waals surface area contributed by atoms with Crippen LogP contribution < -0.4 is 10.2 Å². The summed E-state index contributed by atoms with van der Waals surface area (Å²) in [7, 11) is 1.59. The molecule has 0 aromatic heterocycles. The Kier molecular flexibility index (Phi) is 7.60. The molecule has 5 nitrogen and oxygen atoms in total. The highest BCUT2D eigenvalue weighted by Crippen LogP contribution is 2.27. The molecule has 1 rings (SSSR count). The number of para-hydroxylation sites is 1. The van der Waals surface area contributed by atoms with E-state index in [2.05, 4.69) is 19.2 Å². The van der Waals surface area contributed by atoms with E-state index >= 15 is 0 Å². The van der Waals surface area contributed by atoms with Gasteiger partial charge in [0.05, 0.1) is 6.61 Å². The lowest BCUT2D eigenvalue weighted by atomic mass is 10.0. The fourth-order valence-corrected chi connectivity index (χ4v) is 2.26. The van der Waals surface area contributed by atoms with Gasteiger partial charge in [-0.3, -0.25) is 9.59 Å². The first kappa shape index (κ1) is 18.2. The molecule has 0 atom stereocenters. The maximum atomic E-state index is 12.0. The summed E-state index contributed by atoms with van der Waals surface area (Å²) < 4.78 is 4.89. The highest BCUT2D eigenvalue weighted by Gasteiger charge is 2.17. The Hall–Kier alpha value is -1.88. The molecule has 0 spiro atoms. The Morgan fingerprint density at radius 3 is 2.55 bits per heavy atom. The van der Waals surface area contributed by atoms with E-state index < -0.39 is 0 Å². The van der Waals surface area contributed by atoms with Crippen LogP contribution in [0.25, 0.3) is 0 Å². The quantitative estimate of drug-likeness (QED) is 0.750. The first-order chi connectivity index (χ1) is 10.5. The third-order valence-electron chi connectivity index (χ3n) is 3.42. The predicted octanol–water partition coefficient (Wildman–Crippen LogP) is 2.32. The van der Waals surface area contributed by atoms with Crippen molar-refractivity contribution in [1.29, 1.82) is 0 Å². The van der Waals surface area contributed by atoms with Crippen molar-refractivity contribution in [2.75, 3.05) is 31.7 Å². The topological polar surface area (TPSA) is 58.6 Å². The van der Waals surface area contributed by atoms with E-state index in [0.717, 1.165) is 11.3 Å². The van der Waals surface area contributed by atoms with E-state index in [0.29, 0.717) is 25.6 Å². The summed E-state index contributed by atoms with van der Waals surface area (Å²) in [4.78, 5) is 25.4. The van der Waals surface area contributed by atoms with E-state index in [1.165, 1.54) is 6.92 Å². The number of carbonyl (C=O) groups is 2. The lowest BCUT2D eigenvalue weighted by molar-refractivity contribution is -0.121. The van der Waals surface area contributed by atoms with Crippen LogP contribution in [0.3, 0.4) is 0 Å². The van der Waals surface area contributed by atoms with Gasteiger partial charge in [-0.25, -0.2) is 0 Å². The van der Waals surface area contributed by atoms with Crippen molar-refractivity contribution in [3.8, 4) is 0 Å². The molecule has 1 N–H and O–H groups in total. The predicted molar refractivity (Wildman–Crippen MR) is 88.1 cm³/mol. The fraction of sp³-hybridized carbons (Fsp3) is 0.529. The highest BCUT2D eigenvalue weighted by molar-refractivity contribution is 5.93. The van der Waals surface area contributed by atoms with Crippen LogP contribution in [0.5, 0.6) is 0 Å². The van der Waals surface area contributed by atoms with E-state index in [1.54, 1.807) is 12.0 Å². The molecule has 122 valence electrons. The van der Waals surface area contributed by atoms with Gasteiger partial charge in [-0.15, -0.1) is 0 Å². The SMILES string of the molecule is COCCNC(=O)CCN(C(C)=O)c1ccccc1C(C)C. The van der Waals surface area contributed by atoms with Crippen LogP contribution in [0, 0.1) is 0 Å². The minimum absolute atomic E-state index is 0.0576. The number of rotatable bonds is 8. The van der Waals surface area contributed by atoms with Gasteiger partial charge >= 0.3 is 0 Å². The zero-order valence-corrected chi connectivity index (χ0v) is 13.9. The molecule has 0 radical (unpaired) electrons. The third-order valence-corrected chi connectivity index (χ3v) is 3.42. The van der Waals surface area contributed by atoms with Crippen molar-refractivity contribution in [3.05, 3.63) is 29.8 Å². The zero-order chi connectivity index (χ0) is 16.5. The fourth-order valence-electron chi connectivity index (χ4n) is 2.26. The molecule has 2 amide bonds. The molecule has 0 unspecified atom stereocenters. The number of amides is 2. The summed E-state index contributed by atoms with van der Waals surface area (Å²) in [6.45, 7) is 7.05. The van der Waals surface area contributed by atoms with Crippen LogP contribution in [0.1, 0.15) is 38.7 Å². The maximum absolute atomic E-state index is 12.0. The number of carbonyl (C=O) groups excluding carboxylic acids is 2. The molecule has 0 saturated heterocycles. The molecule has 0 bridgehead atoms. The molecule has 22 heavy (non-hydrogen) atoms. The highest BCUT2D eigenvalue weighted by atomic mass is 16.5. The van der Waals surface area contributed by atoms with Crippen molar-refractivity contribution in [2.45, 2.75) is 33.1 Å². The summed E-state index contributed by atoms with van der Waals surface area (Å²) in [5.74, 6) is 0.177. The lowest BCUT2D eigenvalue weighted by Crippen LogP contribution is -2.35.